The minimum absolute atomic E-state index is 0.0964. The van der Waals surface area contributed by atoms with E-state index in [2.05, 4.69) is 10.8 Å². The highest BCUT2D eigenvalue weighted by molar-refractivity contribution is 5.92. The van der Waals surface area contributed by atoms with Crippen molar-refractivity contribution in [2.24, 2.45) is 0 Å². The van der Waals surface area contributed by atoms with Gasteiger partial charge in [-0.05, 0) is 50.0 Å². The summed E-state index contributed by atoms with van der Waals surface area (Å²) in [5, 5.41) is 2.81. The quantitative estimate of drug-likeness (QED) is 0.885. The van der Waals surface area contributed by atoms with Gasteiger partial charge in [-0.15, -0.1) is 0 Å². The van der Waals surface area contributed by atoms with Gasteiger partial charge in [-0.2, -0.15) is 0 Å². The Kier molecular flexibility index (Phi) is 3.84. The molecule has 6 heteroatoms. The molecule has 128 valence electrons. The molecular formula is C18H22N2O4. The van der Waals surface area contributed by atoms with Crippen LogP contribution >= 0.6 is 0 Å². The standard InChI is InChI=1S/C18H22N2O4/c1-22-15-7-6-12(10-16(15)23-13-4-2-3-5-13)14-11-18(24-20-14)8-9-19-17(18)21/h6-7,10-11,13,20H,2-5,8-9H2,1H3,(H,19,21). The minimum Gasteiger partial charge on any atom is -0.493 e. The van der Waals surface area contributed by atoms with Gasteiger partial charge in [0.25, 0.3) is 5.91 Å². The second-order valence-electron chi connectivity index (χ2n) is 6.55. The summed E-state index contributed by atoms with van der Waals surface area (Å²) in [6.45, 7) is 0.628. The van der Waals surface area contributed by atoms with Crippen LogP contribution in [0.3, 0.4) is 0 Å². The molecule has 1 amide bonds. The largest absolute Gasteiger partial charge is 0.493 e. The van der Waals surface area contributed by atoms with Crippen molar-refractivity contribution in [3.8, 4) is 11.5 Å². The van der Waals surface area contributed by atoms with Gasteiger partial charge >= 0.3 is 0 Å². The zero-order valence-electron chi connectivity index (χ0n) is 13.8. The Bertz CT molecular complexity index is 682. The molecule has 2 N–H and O–H groups in total. The van der Waals surface area contributed by atoms with Crippen LogP contribution in [0.4, 0.5) is 0 Å². The number of carbonyl (C=O) groups excluding carboxylic acids is 1. The number of hydrogen-bond acceptors (Lipinski definition) is 5. The Hall–Kier alpha value is -2.21. The normalized spacial score (nSPS) is 26.4. The number of methoxy groups -OCH3 is 1. The summed E-state index contributed by atoms with van der Waals surface area (Å²) in [5.41, 5.74) is 3.71. The fraction of sp³-hybridized carbons (Fsp3) is 0.500. The van der Waals surface area contributed by atoms with E-state index in [9.17, 15) is 4.79 Å². The number of amides is 1. The van der Waals surface area contributed by atoms with Crippen LogP contribution in [-0.4, -0.2) is 31.3 Å². The number of benzene rings is 1. The molecule has 1 aliphatic carbocycles. The maximum Gasteiger partial charge on any atom is 0.259 e. The van der Waals surface area contributed by atoms with Gasteiger partial charge in [0, 0.05) is 18.5 Å². The molecule has 24 heavy (non-hydrogen) atoms. The smallest absolute Gasteiger partial charge is 0.259 e. The first kappa shape index (κ1) is 15.3. The van der Waals surface area contributed by atoms with Crippen molar-refractivity contribution in [2.45, 2.75) is 43.8 Å². The average molecular weight is 330 g/mol. The highest BCUT2D eigenvalue weighted by atomic mass is 16.7. The average Bonchev–Trinajstić information content (AvgIpc) is 3.32. The van der Waals surface area contributed by atoms with Crippen LogP contribution in [-0.2, 0) is 9.63 Å². The zero-order chi connectivity index (χ0) is 16.6. The first-order valence-corrected chi connectivity index (χ1v) is 8.50. The number of hydroxylamine groups is 1. The van der Waals surface area contributed by atoms with Crippen molar-refractivity contribution in [2.75, 3.05) is 13.7 Å². The third-order valence-electron chi connectivity index (χ3n) is 4.96. The molecule has 1 saturated carbocycles. The van der Waals surface area contributed by atoms with Crippen molar-refractivity contribution in [3.05, 3.63) is 29.8 Å². The van der Waals surface area contributed by atoms with Crippen LogP contribution in [0, 0.1) is 0 Å². The van der Waals surface area contributed by atoms with Crippen LogP contribution in [0.25, 0.3) is 5.70 Å². The molecule has 0 aromatic heterocycles. The Labute approximate surface area is 141 Å². The van der Waals surface area contributed by atoms with Gasteiger partial charge in [-0.25, -0.2) is 0 Å². The number of rotatable bonds is 4. The minimum atomic E-state index is -0.887. The van der Waals surface area contributed by atoms with Gasteiger partial charge in [0.2, 0.25) is 0 Å². The first-order valence-electron chi connectivity index (χ1n) is 8.50. The first-order chi connectivity index (χ1) is 11.7. The molecule has 6 nitrogen and oxygen atoms in total. The van der Waals surface area contributed by atoms with Gasteiger partial charge < -0.3 is 14.8 Å². The molecule has 1 aromatic carbocycles. The van der Waals surface area contributed by atoms with Gasteiger partial charge in [-0.1, -0.05) is 0 Å². The number of ether oxygens (including phenoxy) is 2. The van der Waals surface area contributed by atoms with E-state index in [1.807, 2.05) is 24.3 Å². The van der Waals surface area contributed by atoms with Crippen LogP contribution in [0.15, 0.2) is 24.3 Å². The van der Waals surface area contributed by atoms with Crippen LogP contribution in [0.1, 0.15) is 37.7 Å². The molecule has 2 heterocycles. The molecule has 1 atom stereocenters. The summed E-state index contributed by atoms with van der Waals surface area (Å²) >= 11 is 0. The lowest BCUT2D eigenvalue weighted by Crippen LogP contribution is -2.38. The van der Waals surface area contributed by atoms with Crippen molar-refractivity contribution >= 4 is 11.6 Å². The number of carbonyl (C=O) groups is 1. The summed E-state index contributed by atoms with van der Waals surface area (Å²) in [4.78, 5) is 17.6. The van der Waals surface area contributed by atoms with Gasteiger partial charge in [0.1, 0.15) is 0 Å². The molecule has 1 aromatic rings. The van der Waals surface area contributed by atoms with E-state index >= 15 is 0 Å². The highest BCUT2D eigenvalue weighted by Gasteiger charge is 2.46. The molecule has 0 bridgehead atoms. The van der Waals surface area contributed by atoms with E-state index in [4.69, 9.17) is 14.3 Å². The van der Waals surface area contributed by atoms with E-state index in [0.29, 0.717) is 13.0 Å². The third-order valence-corrected chi connectivity index (χ3v) is 4.96. The Morgan fingerprint density at radius 1 is 1.25 bits per heavy atom. The lowest BCUT2D eigenvalue weighted by molar-refractivity contribution is -0.138. The monoisotopic (exact) mass is 330 g/mol. The van der Waals surface area contributed by atoms with E-state index < -0.39 is 5.60 Å². The molecule has 1 unspecified atom stereocenters. The Balaban J connectivity index is 1.61. The predicted octanol–water partition coefficient (Wildman–Crippen LogP) is 2.15. The molecule has 2 aliphatic heterocycles. The second-order valence-corrected chi connectivity index (χ2v) is 6.55. The fourth-order valence-electron chi connectivity index (χ4n) is 3.56. The topological polar surface area (TPSA) is 68.8 Å². The molecule has 1 saturated heterocycles. The third kappa shape index (κ3) is 2.60. The van der Waals surface area contributed by atoms with E-state index in [1.54, 1.807) is 7.11 Å². The van der Waals surface area contributed by atoms with Crippen LogP contribution in [0.5, 0.6) is 11.5 Å². The Morgan fingerprint density at radius 2 is 2.08 bits per heavy atom. The fourth-order valence-corrected chi connectivity index (χ4v) is 3.56. The number of hydrogen-bond donors (Lipinski definition) is 2. The Morgan fingerprint density at radius 3 is 2.79 bits per heavy atom. The van der Waals surface area contributed by atoms with E-state index in [-0.39, 0.29) is 12.0 Å². The van der Waals surface area contributed by atoms with E-state index in [1.165, 1.54) is 12.8 Å². The van der Waals surface area contributed by atoms with Crippen LogP contribution < -0.4 is 20.3 Å². The maximum absolute atomic E-state index is 12.0. The second kappa shape index (κ2) is 6.02. The summed E-state index contributed by atoms with van der Waals surface area (Å²) in [5.74, 6) is 1.36. The molecule has 3 aliphatic rings. The van der Waals surface area contributed by atoms with Crippen LogP contribution in [0.2, 0.25) is 0 Å². The molecular weight excluding hydrogens is 308 g/mol. The molecule has 2 fully saturated rings. The predicted molar refractivity (Wildman–Crippen MR) is 88.4 cm³/mol. The maximum atomic E-state index is 12.0. The van der Waals surface area contributed by atoms with Crippen molar-refractivity contribution in [1.29, 1.82) is 0 Å². The summed E-state index contributed by atoms with van der Waals surface area (Å²) in [6.07, 6.45) is 7.33. The molecule has 1 spiro atoms. The van der Waals surface area contributed by atoms with E-state index in [0.717, 1.165) is 35.6 Å². The molecule has 4 rings (SSSR count). The SMILES string of the molecule is COc1ccc(C2=CC3(CCNC3=O)ON2)cc1OC1CCCC1. The van der Waals surface area contributed by atoms with Gasteiger partial charge in [0.15, 0.2) is 17.1 Å². The zero-order valence-corrected chi connectivity index (χ0v) is 13.8. The summed E-state index contributed by atoms with van der Waals surface area (Å²) < 4.78 is 11.6. The summed E-state index contributed by atoms with van der Waals surface area (Å²) in [6, 6.07) is 5.78. The molecule has 0 radical (unpaired) electrons. The lowest BCUT2D eigenvalue weighted by Gasteiger charge is -2.17. The lowest BCUT2D eigenvalue weighted by atomic mass is 10.00. The summed E-state index contributed by atoms with van der Waals surface area (Å²) in [7, 11) is 1.64. The van der Waals surface area contributed by atoms with Crippen molar-refractivity contribution in [3.63, 3.8) is 0 Å². The van der Waals surface area contributed by atoms with Gasteiger partial charge in [-0.3, -0.25) is 15.1 Å². The highest BCUT2D eigenvalue weighted by Crippen LogP contribution is 2.36. The number of nitrogens with one attached hydrogen (secondary N) is 2. The van der Waals surface area contributed by atoms with Crippen molar-refractivity contribution in [1.82, 2.24) is 10.8 Å². The van der Waals surface area contributed by atoms with Gasteiger partial charge in [0.05, 0.1) is 18.9 Å². The van der Waals surface area contributed by atoms with Crippen molar-refractivity contribution < 1.29 is 19.1 Å².